The molecule has 2 aliphatic heterocycles. The van der Waals surface area contributed by atoms with Crippen molar-refractivity contribution in [3.63, 3.8) is 0 Å². The first-order chi connectivity index (χ1) is 8.65. The van der Waals surface area contributed by atoms with E-state index in [4.69, 9.17) is 30.4 Å². The third kappa shape index (κ3) is 2.61. The largest absolute Gasteiger partial charge is 0.456 e. The summed E-state index contributed by atoms with van der Waals surface area (Å²) in [4.78, 5) is 22.2. The van der Waals surface area contributed by atoms with Crippen LogP contribution in [0.4, 0.5) is 0 Å². The van der Waals surface area contributed by atoms with Gasteiger partial charge in [-0.25, -0.2) is 0 Å². The Morgan fingerprint density at radius 2 is 1.33 bits per heavy atom. The van der Waals surface area contributed by atoms with Crippen molar-refractivity contribution in [2.45, 2.75) is 24.4 Å². The van der Waals surface area contributed by atoms with Gasteiger partial charge in [-0.15, -0.1) is 0 Å². The van der Waals surface area contributed by atoms with Crippen LogP contribution in [0.5, 0.6) is 0 Å². The van der Waals surface area contributed by atoms with Crippen molar-refractivity contribution >= 4 is 11.9 Å². The summed E-state index contributed by atoms with van der Waals surface area (Å²) in [5.74, 6) is -1.04. The Morgan fingerprint density at radius 1 is 0.944 bits per heavy atom. The maximum atomic E-state index is 11.1. The summed E-state index contributed by atoms with van der Waals surface area (Å²) in [5, 5.41) is 0. The summed E-state index contributed by atoms with van der Waals surface area (Å²) in [6.45, 7) is 0.0223. The molecule has 4 atom stereocenters. The average molecular weight is 260 g/mol. The van der Waals surface area contributed by atoms with Gasteiger partial charge >= 0.3 is 11.9 Å². The van der Waals surface area contributed by atoms with E-state index in [1.807, 2.05) is 0 Å². The highest BCUT2D eigenvalue weighted by atomic mass is 16.7. The molecule has 0 spiro atoms. The molecule has 0 bridgehead atoms. The van der Waals surface area contributed by atoms with Crippen LogP contribution in [0.2, 0.25) is 0 Å². The van der Waals surface area contributed by atoms with Crippen LogP contribution in [-0.4, -0.2) is 62.7 Å². The molecule has 2 rings (SSSR count). The first-order valence-electron chi connectivity index (χ1n) is 5.68. The van der Waals surface area contributed by atoms with Crippen LogP contribution in [0.25, 0.3) is 0 Å². The predicted molar refractivity (Wildman–Crippen MR) is 57.3 cm³/mol. The quantitative estimate of drug-likeness (QED) is 0.533. The third-order valence-corrected chi connectivity index (χ3v) is 2.86. The summed E-state index contributed by atoms with van der Waals surface area (Å²) in [7, 11) is 0. The fraction of sp³-hybridized carbons (Fsp3) is 0.800. The van der Waals surface area contributed by atoms with E-state index in [9.17, 15) is 9.59 Å². The van der Waals surface area contributed by atoms with E-state index in [0.29, 0.717) is 0 Å². The van der Waals surface area contributed by atoms with E-state index in [1.54, 1.807) is 0 Å². The van der Waals surface area contributed by atoms with E-state index < -0.39 is 36.4 Å². The summed E-state index contributed by atoms with van der Waals surface area (Å²) < 4.78 is 21.0. The zero-order valence-corrected chi connectivity index (χ0v) is 9.74. The lowest BCUT2D eigenvalue weighted by molar-refractivity contribution is -0.153. The molecular formula is C10H16N2O6. The molecule has 0 aromatic heterocycles. The summed E-state index contributed by atoms with van der Waals surface area (Å²) in [6, 6.07) is 0. The molecule has 0 amide bonds. The monoisotopic (exact) mass is 260 g/mol. The number of carbonyl (C=O) groups excluding carboxylic acids is 2. The molecule has 2 fully saturated rings. The second-order valence-electron chi connectivity index (χ2n) is 4.06. The number of hydrogen-bond acceptors (Lipinski definition) is 8. The molecule has 0 unspecified atom stereocenters. The minimum absolute atomic E-state index is 0.195. The molecule has 0 aliphatic carbocycles. The fourth-order valence-corrected chi connectivity index (χ4v) is 2.07. The van der Waals surface area contributed by atoms with Crippen molar-refractivity contribution in [1.29, 1.82) is 0 Å². The van der Waals surface area contributed by atoms with Gasteiger partial charge < -0.3 is 30.4 Å². The fourth-order valence-electron chi connectivity index (χ4n) is 2.07. The molecule has 2 aliphatic rings. The Hall–Kier alpha value is -1.22. The van der Waals surface area contributed by atoms with Gasteiger partial charge in [0.2, 0.25) is 0 Å². The first-order valence-corrected chi connectivity index (χ1v) is 5.68. The van der Waals surface area contributed by atoms with Crippen molar-refractivity contribution < 1.29 is 28.5 Å². The minimum atomic E-state index is -0.518. The van der Waals surface area contributed by atoms with Gasteiger partial charge in [0.15, 0.2) is 12.2 Å². The van der Waals surface area contributed by atoms with Gasteiger partial charge in [-0.2, -0.15) is 0 Å². The zero-order chi connectivity index (χ0) is 13.1. The first kappa shape index (κ1) is 13.2. The van der Waals surface area contributed by atoms with Gasteiger partial charge in [-0.05, 0) is 0 Å². The van der Waals surface area contributed by atoms with E-state index >= 15 is 0 Å². The SMILES string of the molecule is NCC(=O)O[C@H]1CO[C@H]2[C@@H]1OC[C@H]2OC(=O)CN. The smallest absolute Gasteiger partial charge is 0.320 e. The van der Waals surface area contributed by atoms with Crippen molar-refractivity contribution in [2.24, 2.45) is 11.5 Å². The molecule has 0 radical (unpaired) electrons. The lowest BCUT2D eigenvalue weighted by Crippen LogP contribution is -2.37. The maximum absolute atomic E-state index is 11.1. The lowest BCUT2D eigenvalue weighted by Gasteiger charge is -2.16. The molecule has 4 N–H and O–H groups in total. The van der Waals surface area contributed by atoms with Gasteiger partial charge in [0.25, 0.3) is 0 Å². The zero-order valence-electron chi connectivity index (χ0n) is 9.74. The predicted octanol–water partition coefficient (Wildman–Crippen LogP) is -2.47. The van der Waals surface area contributed by atoms with Crippen LogP contribution in [0.15, 0.2) is 0 Å². The molecule has 8 heteroatoms. The lowest BCUT2D eigenvalue weighted by atomic mass is 10.1. The molecule has 0 saturated carbocycles. The van der Waals surface area contributed by atoms with E-state index in [0.717, 1.165) is 0 Å². The molecule has 0 aromatic rings. The van der Waals surface area contributed by atoms with E-state index in [2.05, 4.69) is 0 Å². The summed E-state index contributed by atoms with van der Waals surface area (Å²) in [5.41, 5.74) is 10.3. The van der Waals surface area contributed by atoms with Crippen molar-refractivity contribution in [3.05, 3.63) is 0 Å². The molecule has 2 heterocycles. The van der Waals surface area contributed by atoms with Gasteiger partial charge in [-0.3, -0.25) is 9.59 Å². The highest BCUT2D eigenvalue weighted by Gasteiger charge is 2.50. The van der Waals surface area contributed by atoms with Crippen LogP contribution in [0.3, 0.4) is 0 Å². The molecule has 102 valence electrons. The number of hydrogen-bond donors (Lipinski definition) is 2. The number of nitrogens with two attached hydrogens (primary N) is 2. The van der Waals surface area contributed by atoms with E-state index in [1.165, 1.54) is 0 Å². The van der Waals surface area contributed by atoms with Gasteiger partial charge in [0, 0.05) is 0 Å². The third-order valence-electron chi connectivity index (χ3n) is 2.86. The molecular weight excluding hydrogens is 244 g/mol. The topological polar surface area (TPSA) is 123 Å². The van der Waals surface area contributed by atoms with Gasteiger partial charge in [0.05, 0.1) is 26.3 Å². The maximum Gasteiger partial charge on any atom is 0.320 e. The number of esters is 2. The highest BCUT2D eigenvalue weighted by molar-refractivity contribution is 5.72. The van der Waals surface area contributed by atoms with Crippen LogP contribution >= 0.6 is 0 Å². The number of rotatable bonds is 4. The molecule has 0 aromatic carbocycles. The second kappa shape index (κ2) is 5.61. The van der Waals surface area contributed by atoms with Crippen LogP contribution < -0.4 is 11.5 Å². The average Bonchev–Trinajstić information content (AvgIpc) is 2.93. The molecule has 8 nitrogen and oxygen atoms in total. The molecule has 2 saturated heterocycles. The second-order valence-corrected chi connectivity index (χ2v) is 4.06. The molecule has 18 heavy (non-hydrogen) atoms. The van der Waals surface area contributed by atoms with Crippen LogP contribution in [0, 0.1) is 0 Å². The van der Waals surface area contributed by atoms with Gasteiger partial charge in [0.1, 0.15) is 12.2 Å². The van der Waals surface area contributed by atoms with Crippen LogP contribution in [0.1, 0.15) is 0 Å². The van der Waals surface area contributed by atoms with Crippen molar-refractivity contribution in [3.8, 4) is 0 Å². The van der Waals surface area contributed by atoms with Crippen molar-refractivity contribution in [2.75, 3.05) is 26.3 Å². The standard InChI is InChI=1S/C10H16N2O6/c11-1-7(13)17-5-3-15-10-6(4-16-9(5)10)18-8(14)2-12/h5-6,9-10H,1-4,11-12H2/t5-,6+,9-,10-/m1/s1. The number of fused-ring (bicyclic) bond motifs is 1. The Labute approximate surface area is 103 Å². The Bertz CT molecular complexity index is 304. The minimum Gasteiger partial charge on any atom is -0.456 e. The van der Waals surface area contributed by atoms with E-state index in [-0.39, 0.29) is 26.3 Å². The van der Waals surface area contributed by atoms with Crippen molar-refractivity contribution in [1.82, 2.24) is 0 Å². The Morgan fingerprint density at radius 3 is 1.67 bits per heavy atom. The summed E-state index contributed by atoms with van der Waals surface area (Å²) in [6.07, 6.45) is -1.85. The summed E-state index contributed by atoms with van der Waals surface area (Å²) >= 11 is 0. The normalized spacial score (nSPS) is 34.1. The van der Waals surface area contributed by atoms with Crippen LogP contribution in [-0.2, 0) is 28.5 Å². The van der Waals surface area contributed by atoms with Gasteiger partial charge in [-0.1, -0.05) is 0 Å². The number of ether oxygens (including phenoxy) is 4. The Kier molecular flexibility index (Phi) is 4.12. The Balaban J connectivity index is 1.90. The highest BCUT2D eigenvalue weighted by Crippen LogP contribution is 2.30. The number of carbonyl (C=O) groups is 2.